The van der Waals surface area contributed by atoms with Crippen molar-refractivity contribution in [3.05, 3.63) is 219 Å². The second-order valence-electron chi connectivity index (χ2n) is 20.9. The minimum absolute atomic E-state index is 0.512. The van der Waals surface area contributed by atoms with Gasteiger partial charge in [-0.15, -0.1) is 0 Å². The maximum Gasteiger partial charge on any atom is 0.167 e. The Kier molecular flexibility index (Phi) is 11.0. The lowest BCUT2D eigenvalue weighted by molar-refractivity contribution is 0.924. The molecule has 0 atom stereocenters. The van der Waals surface area contributed by atoms with Gasteiger partial charge in [-0.25, -0.2) is 15.0 Å². The SMILES string of the molecule is Cc1cc(C)cc(-c2ccc3c4ccc(-c5cc(C)cc(C)c5)cc4n(-c4cc(C#N)cc(-n5c6cc(-c7cc(C)cc(C)c7)ccc6c6ccc(-c7cc(C)cc(C)c7)cc65)c4-c4nc(C)nc(C)n4)c3c2)c1. The molecule has 6 heteroatoms. The van der Waals surface area contributed by atoms with E-state index in [-0.39, 0.29) is 0 Å². The molecule has 9 aromatic carbocycles. The van der Waals surface area contributed by atoms with Crippen LogP contribution in [-0.4, -0.2) is 24.1 Å². The molecule has 0 radical (unpaired) electrons. The van der Waals surface area contributed by atoms with Gasteiger partial charge in [-0.2, -0.15) is 5.26 Å². The predicted octanol–water partition coefficient (Wildman–Crippen LogP) is 17.4. The molecule has 0 N–H and O–H groups in total. The standard InChI is InChI=1S/C68H56N6/c1-38-19-39(2)24-53(23-38)49-11-15-57-58-16-12-50(54-25-40(3)20-41(4)26-54)34-62(58)73(61(57)33-49)65-31-48(37-69)32-66(67(65)68-71-46(9)70-47(10)72-68)74-63-35-51(55-27-42(5)21-43(6)28-55)13-17-59(63)60-18-14-52(36-64(60)74)56-29-44(7)22-45(8)30-56/h11-36H,1-10H3. The fraction of sp³-hybridized carbons (Fsp3) is 0.147. The summed E-state index contributed by atoms with van der Waals surface area (Å²) in [6.45, 7) is 21.1. The van der Waals surface area contributed by atoms with E-state index in [0.717, 1.165) is 105 Å². The lowest BCUT2D eigenvalue weighted by Crippen LogP contribution is -2.08. The Morgan fingerprint density at radius 3 is 0.838 bits per heavy atom. The summed E-state index contributed by atoms with van der Waals surface area (Å²) < 4.78 is 4.74. The van der Waals surface area contributed by atoms with Crippen LogP contribution < -0.4 is 0 Å². The monoisotopic (exact) mass is 956 g/mol. The number of fused-ring (bicyclic) bond motifs is 6. The number of nitrogens with zero attached hydrogens (tertiary/aromatic N) is 6. The third-order valence-corrected chi connectivity index (χ3v) is 14.5. The summed E-state index contributed by atoms with van der Waals surface area (Å²) in [6, 6.07) is 61.0. The van der Waals surface area contributed by atoms with Crippen LogP contribution >= 0.6 is 0 Å². The van der Waals surface area contributed by atoms with Crippen molar-refractivity contribution in [3.63, 3.8) is 0 Å². The minimum atomic E-state index is 0.512. The van der Waals surface area contributed by atoms with E-state index in [9.17, 15) is 5.26 Å². The van der Waals surface area contributed by atoms with E-state index in [4.69, 9.17) is 15.0 Å². The molecular formula is C68H56N6. The van der Waals surface area contributed by atoms with Gasteiger partial charge < -0.3 is 9.13 Å². The zero-order valence-corrected chi connectivity index (χ0v) is 43.7. The molecule has 0 aliphatic heterocycles. The number of aryl methyl sites for hydroxylation is 10. The lowest BCUT2D eigenvalue weighted by atomic mass is 9.98. The summed E-state index contributed by atoms with van der Waals surface area (Å²) in [5, 5.41) is 15.8. The van der Waals surface area contributed by atoms with Gasteiger partial charge in [0.2, 0.25) is 0 Å². The van der Waals surface area contributed by atoms with Crippen molar-refractivity contribution in [2.75, 3.05) is 0 Å². The molecule has 12 rings (SSSR count). The van der Waals surface area contributed by atoms with E-state index in [2.05, 4.69) is 216 Å². The summed E-state index contributed by atoms with van der Waals surface area (Å²) >= 11 is 0. The molecule has 0 fully saturated rings. The summed E-state index contributed by atoms with van der Waals surface area (Å²) in [6.07, 6.45) is 0. The topological polar surface area (TPSA) is 72.3 Å². The fourth-order valence-corrected chi connectivity index (χ4v) is 11.8. The fourth-order valence-electron chi connectivity index (χ4n) is 11.8. The number of aromatic nitrogens is 5. The van der Waals surface area contributed by atoms with Crippen LogP contribution in [0.3, 0.4) is 0 Å². The maximum atomic E-state index is 11.4. The Morgan fingerprint density at radius 1 is 0.311 bits per heavy atom. The van der Waals surface area contributed by atoms with Crippen LogP contribution in [0.15, 0.2) is 158 Å². The number of rotatable bonds is 7. The van der Waals surface area contributed by atoms with Crippen molar-refractivity contribution in [2.45, 2.75) is 69.2 Å². The molecule has 0 aliphatic carbocycles. The highest BCUT2D eigenvalue weighted by molar-refractivity contribution is 6.14. The van der Waals surface area contributed by atoms with Crippen LogP contribution in [0.4, 0.5) is 0 Å². The molecule has 0 saturated heterocycles. The molecule has 12 aromatic rings. The third-order valence-electron chi connectivity index (χ3n) is 14.5. The summed E-state index contributed by atoms with van der Waals surface area (Å²) in [5.41, 5.74) is 25.6. The number of benzene rings is 9. The molecule has 358 valence electrons. The first-order valence-corrected chi connectivity index (χ1v) is 25.4. The molecule has 0 unspecified atom stereocenters. The van der Waals surface area contributed by atoms with E-state index in [1.54, 1.807) is 0 Å². The van der Waals surface area contributed by atoms with Crippen LogP contribution in [-0.2, 0) is 0 Å². The molecular weight excluding hydrogens is 901 g/mol. The highest BCUT2D eigenvalue weighted by Crippen LogP contribution is 2.45. The minimum Gasteiger partial charge on any atom is -0.308 e. The number of hydrogen-bond acceptors (Lipinski definition) is 4. The van der Waals surface area contributed by atoms with Crippen molar-refractivity contribution in [1.29, 1.82) is 5.26 Å². The molecule has 0 spiro atoms. The highest BCUT2D eigenvalue weighted by atomic mass is 15.1. The van der Waals surface area contributed by atoms with Crippen LogP contribution in [0.5, 0.6) is 0 Å². The van der Waals surface area contributed by atoms with Crippen molar-refractivity contribution < 1.29 is 0 Å². The maximum absolute atomic E-state index is 11.4. The summed E-state index contributed by atoms with van der Waals surface area (Å²) in [4.78, 5) is 15.2. The van der Waals surface area contributed by atoms with E-state index >= 15 is 0 Å². The molecule has 0 bridgehead atoms. The van der Waals surface area contributed by atoms with Gasteiger partial charge in [-0.3, -0.25) is 0 Å². The Labute approximate surface area is 432 Å². The second kappa shape index (κ2) is 17.7. The van der Waals surface area contributed by atoms with Gasteiger partial charge in [0.15, 0.2) is 5.82 Å². The van der Waals surface area contributed by atoms with Crippen molar-refractivity contribution >= 4 is 43.6 Å². The molecule has 6 nitrogen and oxygen atoms in total. The van der Waals surface area contributed by atoms with E-state index in [1.165, 1.54) is 44.5 Å². The van der Waals surface area contributed by atoms with Gasteiger partial charge in [0.05, 0.1) is 50.6 Å². The van der Waals surface area contributed by atoms with Gasteiger partial charge in [-0.1, -0.05) is 166 Å². The van der Waals surface area contributed by atoms with Gasteiger partial charge in [-0.05, 0) is 150 Å². The average molecular weight is 957 g/mol. The summed E-state index contributed by atoms with van der Waals surface area (Å²) in [7, 11) is 0. The molecule has 0 aliphatic rings. The van der Waals surface area contributed by atoms with E-state index < -0.39 is 0 Å². The predicted molar refractivity (Wildman–Crippen MR) is 308 cm³/mol. The van der Waals surface area contributed by atoms with E-state index in [0.29, 0.717) is 23.0 Å². The Hall–Kier alpha value is -8.92. The normalized spacial score (nSPS) is 11.6. The molecule has 0 saturated carbocycles. The van der Waals surface area contributed by atoms with Gasteiger partial charge >= 0.3 is 0 Å². The number of hydrogen-bond donors (Lipinski definition) is 0. The van der Waals surface area contributed by atoms with Crippen molar-refractivity contribution in [2.24, 2.45) is 0 Å². The zero-order chi connectivity index (χ0) is 51.3. The van der Waals surface area contributed by atoms with Crippen LogP contribution in [0.2, 0.25) is 0 Å². The van der Waals surface area contributed by atoms with Crippen LogP contribution in [0.25, 0.3) is 111 Å². The molecule has 0 amide bonds. The first-order valence-electron chi connectivity index (χ1n) is 25.4. The smallest absolute Gasteiger partial charge is 0.167 e. The molecule has 3 aromatic heterocycles. The number of nitriles is 1. The van der Waals surface area contributed by atoms with E-state index in [1.807, 2.05) is 26.0 Å². The van der Waals surface area contributed by atoms with Crippen molar-refractivity contribution in [3.8, 4) is 73.3 Å². The quantitative estimate of drug-likeness (QED) is 0.160. The highest BCUT2D eigenvalue weighted by Gasteiger charge is 2.26. The first-order chi connectivity index (χ1) is 35.6. The van der Waals surface area contributed by atoms with Crippen LogP contribution in [0, 0.1) is 80.6 Å². The van der Waals surface area contributed by atoms with Gasteiger partial charge in [0.25, 0.3) is 0 Å². The Morgan fingerprint density at radius 2 is 0.581 bits per heavy atom. The Balaban J connectivity index is 1.26. The van der Waals surface area contributed by atoms with Crippen molar-refractivity contribution in [1.82, 2.24) is 24.1 Å². The molecule has 74 heavy (non-hydrogen) atoms. The molecule has 3 heterocycles. The first kappa shape index (κ1) is 46.2. The van der Waals surface area contributed by atoms with Crippen LogP contribution in [0.1, 0.15) is 61.7 Å². The summed E-state index contributed by atoms with van der Waals surface area (Å²) in [5.74, 6) is 1.75. The largest absolute Gasteiger partial charge is 0.308 e. The van der Waals surface area contributed by atoms with Gasteiger partial charge in [0.1, 0.15) is 11.6 Å². The van der Waals surface area contributed by atoms with Gasteiger partial charge in [0, 0.05) is 21.5 Å². The second-order valence-corrected chi connectivity index (χ2v) is 20.9. The third kappa shape index (κ3) is 8.12. The lowest BCUT2D eigenvalue weighted by Gasteiger charge is -2.21. The Bertz CT molecular complexity index is 3820. The average Bonchev–Trinajstić information content (AvgIpc) is 3.85. The zero-order valence-electron chi connectivity index (χ0n) is 43.7.